The molecule has 0 bridgehead atoms. The molecule has 1 saturated heterocycles. The summed E-state index contributed by atoms with van der Waals surface area (Å²) in [6, 6.07) is 0. The highest BCUT2D eigenvalue weighted by molar-refractivity contribution is 4.96. The fraction of sp³-hybridized carbons (Fsp3) is 1.00. The molecule has 1 aliphatic carbocycles. The molecule has 2 nitrogen and oxygen atoms in total. The van der Waals surface area contributed by atoms with Crippen LogP contribution in [0.25, 0.3) is 0 Å². The van der Waals surface area contributed by atoms with Crippen molar-refractivity contribution in [2.24, 2.45) is 17.3 Å². The minimum atomic E-state index is 0.502. The molecule has 0 unspecified atom stereocenters. The minimum absolute atomic E-state index is 0.502. The van der Waals surface area contributed by atoms with Gasteiger partial charge in [0.05, 0.1) is 0 Å². The number of hydrogen-bond acceptors (Lipinski definition) is 2. The Morgan fingerprint density at radius 2 is 1.85 bits per heavy atom. The first-order valence-corrected chi connectivity index (χ1v) is 8.94. The van der Waals surface area contributed by atoms with Crippen molar-refractivity contribution in [3.8, 4) is 0 Å². The Morgan fingerprint density at radius 1 is 1.10 bits per heavy atom. The molecule has 0 aromatic carbocycles. The molecule has 0 spiro atoms. The second kappa shape index (κ2) is 7.79. The Labute approximate surface area is 126 Å². The quantitative estimate of drug-likeness (QED) is 0.614. The summed E-state index contributed by atoms with van der Waals surface area (Å²) in [4.78, 5) is 2.69. The molecule has 2 aliphatic rings. The molecular formula is C18H35NO. The van der Waals surface area contributed by atoms with Gasteiger partial charge in [0.15, 0.2) is 0 Å². The lowest BCUT2D eigenvalue weighted by atomic mass is 9.54. The maximum Gasteiger partial charge on any atom is 0.0499 e. The standard InChI is InChI=1S/C18H35NO/c1-4-5-13-20-15-17-14-16(18(17,2)3)9-12-19-10-7-6-8-11-19/h16-17H,4-15H2,1-3H3/t16-,17-/m0/s1. The molecule has 0 aromatic heterocycles. The van der Waals surface area contributed by atoms with Crippen molar-refractivity contribution in [1.29, 1.82) is 0 Å². The zero-order valence-electron chi connectivity index (χ0n) is 14.0. The van der Waals surface area contributed by atoms with Crippen LogP contribution < -0.4 is 0 Å². The van der Waals surface area contributed by atoms with Gasteiger partial charge in [0.2, 0.25) is 0 Å². The molecule has 20 heavy (non-hydrogen) atoms. The third kappa shape index (κ3) is 4.21. The highest BCUT2D eigenvalue weighted by Crippen LogP contribution is 2.52. The molecule has 118 valence electrons. The number of rotatable bonds is 8. The van der Waals surface area contributed by atoms with E-state index in [9.17, 15) is 0 Å². The molecule has 1 saturated carbocycles. The molecule has 1 aliphatic heterocycles. The normalized spacial score (nSPS) is 30.1. The van der Waals surface area contributed by atoms with Crippen molar-refractivity contribution in [3.63, 3.8) is 0 Å². The molecule has 0 radical (unpaired) electrons. The van der Waals surface area contributed by atoms with Gasteiger partial charge in [-0.1, -0.05) is 33.6 Å². The molecular weight excluding hydrogens is 246 g/mol. The van der Waals surface area contributed by atoms with E-state index in [1.807, 2.05) is 0 Å². The van der Waals surface area contributed by atoms with E-state index in [4.69, 9.17) is 4.74 Å². The molecule has 0 amide bonds. The van der Waals surface area contributed by atoms with Crippen LogP contribution in [0.3, 0.4) is 0 Å². The molecule has 2 fully saturated rings. The molecule has 0 N–H and O–H groups in total. The molecule has 1 heterocycles. The molecule has 2 heteroatoms. The maximum atomic E-state index is 5.85. The van der Waals surface area contributed by atoms with Gasteiger partial charge in [-0.15, -0.1) is 0 Å². The van der Waals surface area contributed by atoms with E-state index >= 15 is 0 Å². The van der Waals surface area contributed by atoms with E-state index in [0.717, 1.165) is 25.0 Å². The predicted octanol–water partition coefficient (Wildman–Crippen LogP) is 4.34. The van der Waals surface area contributed by atoms with Gasteiger partial charge in [0.1, 0.15) is 0 Å². The lowest BCUT2D eigenvalue weighted by molar-refractivity contribution is -0.0775. The van der Waals surface area contributed by atoms with Crippen LogP contribution in [0.5, 0.6) is 0 Å². The lowest BCUT2D eigenvalue weighted by Crippen LogP contribution is -2.48. The minimum Gasteiger partial charge on any atom is -0.381 e. The maximum absolute atomic E-state index is 5.85. The summed E-state index contributed by atoms with van der Waals surface area (Å²) in [5.74, 6) is 1.72. The number of nitrogens with zero attached hydrogens (tertiary/aromatic N) is 1. The Hall–Kier alpha value is -0.0800. The van der Waals surface area contributed by atoms with Crippen LogP contribution in [0.15, 0.2) is 0 Å². The lowest BCUT2D eigenvalue weighted by Gasteiger charge is -2.53. The Morgan fingerprint density at radius 3 is 2.50 bits per heavy atom. The fourth-order valence-corrected chi connectivity index (χ4v) is 3.89. The van der Waals surface area contributed by atoms with E-state index in [0.29, 0.717) is 5.41 Å². The van der Waals surface area contributed by atoms with Gasteiger partial charge in [-0.05, 0) is 69.0 Å². The number of hydrogen-bond donors (Lipinski definition) is 0. The topological polar surface area (TPSA) is 12.5 Å². The van der Waals surface area contributed by atoms with Gasteiger partial charge in [0.25, 0.3) is 0 Å². The van der Waals surface area contributed by atoms with Gasteiger partial charge in [-0.2, -0.15) is 0 Å². The smallest absolute Gasteiger partial charge is 0.0499 e. The zero-order valence-corrected chi connectivity index (χ0v) is 14.0. The average Bonchev–Trinajstić information content (AvgIpc) is 2.46. The third-order valence-corrected chi connectivity index (χ3v) is 5.88. The third-order valence-electron chi connectivity index (χ3n) is 5.88. The summed E-state index contributed by atoms with van der Waals surface area (Å²) >= 11 is 0. The summed E-state index contributed by atoms with van der Waals surface area (Å²) < 4.78 is 5.85. The summed E-state index contributed by atoms with van der Waals surface area (Å²) in [5, 5.41) is 0. The summed E-state index contributed by atoms with van der Waals surface area (Å²) in [5.41, 5.74) is 0.502. The van der Waals surface area contributed by atoms with Crippen LogP contribution in [-0.4, -0.2) is 37.7 Å². The van der Waals surface area contributed by atoms with Gasteiger partial charge in [0, 0.05) is 13.2 Å². The highest BCUT2D eigenvalue weighted by atomic mass is 16.5. The van der Waals surface area contributed by atoms with Gasteiger partial charge in [-0.3, -0.25) is 0 Å². The summed E-state index contributed by atoms with van der Waals surface area (Å²) in [7, 11) is 0. The highest BCUT2D eigenvalue weighted by Gasteiger charge is 2.47. The van der Waals surface area contributed by atoms with E-state index < -0.39 is 0 Å². The van der Waals surface area contributed by atoms with Gasteiger partial charge >= 0.3 is 0 Å². The largest absolute Gasteiger partial charge is 0.381 e. The zero-order chi connectivity index (χ0) is 14.4. The first kappa shape index (κ1) is 16.3. The summed E-state index contributed by atoms with van der Waals surface area (Å²) in [6.45, 7) is 13.1. The van der Waals surface area contributed by atoms with Crippen molar-refractivity contribution in [3.05, 3.63) is 0 Å². The van der Waals surface area contributed by atoms with Crippen LogP contribution in [0, 0.1) is 17.3 Å². The number of piperidine rings is 1. The van der Waals surface area contributed by atoms with Gasteiger partial charge in [-0.25, -0.2) is 0 Å². The van der Waals surface area contributed by atoms with Crippen LogP contribution in [0.2, 0.25) is 0 Å². The Bertz CT molecular complexity index is 271. The average molecular weight is 281 g/mol. The SMILES string of the molecule is CCCCOC[C@@H]1C[C@H](CCN2CCCCC2)C1(C)C. The number of likely N-dealkylation sites (tertiary alicyclic amines) is 1. The van der Waals surface area contributed by atoms with E-state index in [1.165, 1.54) is 64.6 Å². The van der Waals surface area contributed by atoms with Crippen LogP contribution in [0.4, 0.5) is 0 Å². The van der Waals surface area contributed by atoms with Crippen LogP contribution in [0.1, 0.15) is 65.7 Å². The fourth-order valence-electron chi connectivity index (χ4n) is 3.89. The number of unbranched alkanes of at least 4 members (excludes halogenated alkanes) is 1. The second-order valence-electron chi connectivity index (χ2n) is 7.57. The molecule has 2 rings (SSSR count). The second-order valence-corrected chi connectivity index (χ2v) is 7.57. The monoisotopic (exact) mass is 281 g/mol. The van der Waals surface area contributed by atoms with Gasteiger partial charge < -0.3 is 9.64 Å². The van der Waals surface area contributed by atoms with Crippen LogP contribution in [-0.2, 0) is 4.74 Å². The first-order valence-electron chi connectivity index (χ1n) is 8.94. The molecule has 2 atom stereocenters. The Kier molecular flexibility index (Phi) is 6.35. The van der Waals surface area contributed by atoms with E-state index in [2.05, 4.69) is 25.7 Å². The van der Waals surface area contributed by atoms with Crippen molar-refractivity contribution in [2.45, 2.75) is 65.7 Å². The summed E-state index contributed by atoms with van der Waals surface area (Å²) in [6.07, 6.45) is 9.54. The first-order chi connectivity index (χ1) is 9.64. The van der Waals surface area contributed by atoms with E-state index in [-0.39, 0.29) is 0 Å². The van der Waals surface area contributed by atoms with Crippen molar-refractivity contribution in [2.75, 3.05) is 32.8 Å². The van der Waals surface area contributed by atoms with Crippen molar-refractivity contribution in [1.82, 2.24) is 4.90 Å². The molecule has 0 aromatic rings. The van der Waals surface area contributed by atoms with Crippen LogP contribution >= 0.6 is 0 Å². The predicted molar refractivity (Wildman–Crippen MR) is 86.0 cm³/mol. The van der Waals surface area contributed by atoms with Crippen molar-refractivity contribution < 1.29 is 4.74 Å². The van der Waals surface area contributed by atoms with Crippen molar-refractivity contribution >= 4 is 0 Å². The van der Waals surface area contributed by atoms with E-state index in [1.54, 1.807) is 0 Å². The Balaban J connectivity index is 1.62. The number of ether oxygens (including phenoxy) is 1.